The van der Waals surface area contributed by atoms with E-state index in [9.17, 15) is 4.39 Å². The predicted octanol–water partition coefficient (Wildman–Crippen LogP) is 2.56. The molecule has 0 saturated carbocycles. The molecule has 2 heterocycles. The molecule has 21 heavy (non-hydrogen) atoms. The number of aromatic nitrogens is 2. The average molecular weight is 306 g/mol. The van der Waals surface area contributed by atoms with Gasteiger partial charge in [0, 0.05) is 50.7 Å². The van der Waals surface area contributed by atoms with Crippen LogP contribution in [0.25, 0.3) is 0 Å². The van der Waals surface area contributed by atoms with E-state index in [1.807, 2.05) is 6.07 Å². The van der Waals surface area contributed by atoms with E-state index in [4.69, 9.17) is 0 Å². The summed E-state index contributed by atoms with van der Waals surface area (Å²) in [5.41, 5.74) is 1.03. The van der Waals surface area contributed by atoms with Crippen molar-refractivity contribution in [2.45, 2.75) is 19.9 Å². The molecule has 0 aliphatic carbocycles. The number of nitrogens with zero attached hydrogens (tertiary/aromatic N) is 4. The maximum atomic E-state index is 13.2. The molecule has 1 aliphatic heterocycles. The molecule has 1 fully saturated rings. The van der Waals surface area contributed by atoms with Gasteiger partial charge in [0.2, 0.25) is 5.13 Å². The van der Waals surface area contributed by atoms with Crippen molar-refractivity contribution in [3.8, 4) is 0 Å². The van der Waals surface area contributed by atoms with E-state index in [1.54, 1.807) is 12.1 Å². The van der Waals surface area contributed by atoms with Gasteiger partial charge in [0.05, 0.1) is 0 Å². The van der Waals surface area contributed by atoms with Gasteiger partial charge in [0.15, 0.2) is 0 Å². The molecular weight excluding hydrogens is 287 g/mol. The van der Waals surface area contributed by atoms with E-state index in [-0.39, 0.29) is 5.82 Å². The monoisotopic (exact) mass is 306 g/mol. The zero-order valence-electron chi connectivity index (χ0n) is 12.1. The van der Waals surface area contributed by atoms with Crippen LogP contribution in [0, 0.1) is 5.82 Å². The minimum atomic E-state index is -0.160. The van der Waals surface area contributed by atoms with Crippen molar-refractivity contribution in [3.05, 3.63) is 41.5 Å². The Hall–Kier alpha value is -1.53. The van der Waals surface area contributed by atoms with Crippen LogP contribution in [0.4, 0.5) is 9.52 Å². The lowest BCUT2D eigenvalue weighted by Gasteiger charge is -2.34. The second-order valence-electron chi connectivity index (χ2n) is 5.24. The van der Waals surface area contributed by atoms with Crippen molar-refractivity contribution in [3.63, 3.8) is 0 Å². The summed E-state index contributed by atoms with van der Waals surface area (Å²) in [6, 6.07) is 6.86. The lowest BCUT2D eigenvalue weighted by molar-refractivity contribution is 0.249. The fourth-order valence-corrected chi connectivity index (χ4v) is 3.31. The average Bonchev–Trinajstić information content (AvgIpc) is 2.97. The van der Waals surface area contributed by atoms with Crippen molar-refractivity contribution in [2.24, 2.45) is 0 Å². The smallest absolute Gasteiger partial charge is 0.205 e. The van der Waals surface area contributed by atoms with Crippen LogP contribution in [0.2, 0.25) is 0 Å². The van der Waals surface area contributed by atoms with Gasteiger partial charge in [-0.2, -0.15) is 4.37 Å². The van der Waals surface area contributed by atoms with Crippen LogP contribution in [-0.4, -0.2) is 40.4 Å². The molecule has 4 nitrogen and oxygen atoms in total. The second-order valence-corrected chi connectivity index (χ2v) is 5.97. The first-order valence-electron chi connectivity index (χ1n) is 7.29. The fourth-order valence-electron chi connectivity index (χ4n) is 2.51. The molecule has 0 amide bonds. The third-order valence-electron chi connectivity index (χ3n) is 3.71. The van der Waals surface area contributed by atoms with Crippen LogP contribution in [0.3, 0.4) is 0 Å². The largest absolute Gasteiger partial charge is 0.344 e. The Bertz CT molecular complexity index is 593. The van der Waals surface area contributed by atoms with Crippen LogP contribution in [0.15, 0.2) is 24.3 Å². The highest BCUT2D eigenvalue weighted by Gasteiger charge is 2.19. The van der Waals surface area contributed by atoms with Crippen molar-refractivity contribution < 1.29 is 4.39 Å². The number of benzene rings is 1. The van der Waals surface area contributed by atoms with E-state index >= 15 is 0 Å². The molecule has 0 N–H and O–H groups in total. The van der Waals surface area contributed by atoms with Gasteiger partial charge in [-0.15, -0.1) is 0 Å². The molecule has 1 aromatic carbocycles. The topological polar surface area (TPSA) is 32.3 Å². The highest BCUT2D eigenvalue weighted by atomic mass is 32.1. The maximum Gasteiger partial charge on any atom is 0.205 e. The molecule has 0 spiro atoms. The molecule has 6 heteroatoms. The summed E-state index contributed by atoms with van der Waals surface area (Å²) in [6.45, 7) is 6.72. The summed E-state index contributed by atoms with van der Waals surface area (Å²) in [4.78, 5) is 9.18. The maximum absolute atomic E-state index is 13.2. The summed E-state index contributed by atoms with van der Waals surface area (Å²) >= 11 is 1.48. The van der Waals surface area contributed by atoms with E-state index in [1.165, 1.54) is 17.6 Å². The van der Waals surface area contributed by atoms with Crippen LogP contribution in [-0.2, 0) is 13.0 Å². The molecule has 1 aromatic heterocycles. The Kier molecular flexibility index (Phi) is 4.45. The van der Waals surface area contributed by atoms with E-state index < -0.39 is 0 Å². The van der Waals surface area contributed by atoms with Crippen LogP contribution < -0.4 is 4.90 Å². The van der Waals surface area contributed by atoms with Crippen LogP contribution >= 0.6 is 11.5 Å². The number of halogens is 1. The van der Waals surface area contributed by atoms with Gasteiger partial charge in [-0.3, -0.25) is 4.90 Å². The number of hydrogen-bond donors (Lipinski definition) is 0. The summed E-state index contributed by atoms with van der Waals surface area (Å²) in [6.07, 6.45) is 0.885. The van der Waals surface area contributed by atoms with Crippen molar-refractivity contribution >= 4 is 16.7 Å². The van der Waals surface area contributed by atoms with Gasteiger partial charge in [0.25, 0.3) is 0 Å². The number of anilines is 1. The third kappa shape index (κ3) is 3.57. The molecule has 1 saturated heterocycles. The third-order valence-corrected chi connectivity index (χ3v) is 4.53. The van der Waals surface area contributed by atoms with Gasteiger partial charge in [-0.1, -0.05) is 19.1 Å². The summed E-state index contributed by atoms with van der Waals surface area (Å²) in [7, 11) is 0. The van der Waals surface area contributed by atoms with Gasteiger partial charge >= 0.3 is 0 Å². The van der Waals surface area contributed by atoms with Gasteiger partial charge in [-0.25, -0.2) is 9.37 Å². The van der Waals surface area contributed by atoms with Crippen molar-refractivity contribution in [2.75, 3.05) is 31.1 Å². The number of aryl methyl sites for hydroxylation is 1. The Labute approximate surface area is 128 Å². The van der Waals surface area contributed by atoms with Crippen molar-refractivity contribution in [1.82, 2.24) is 14.3 Å². The van der Waals surface area contributed by atoms with Gasteiger partial charge in [0.1, 0.15) is 11.6 Å². The van der Waals surface area contributed by atoms with Crippen molar-refractivity contribution in [1.29, 1.82) is 0 Å². The number of piperazine rings is 1. The zero-order valence-corrected chi connectivity index (χ0v) is 12.9. The van der Waals surface area contributed by atoms with E-state index in [0.717, 1.165) is 55.7 Å². The predicted molar refractivity (Wildman–Crippen MR) is 83.2 cm³/mol. The lowest BCUT2D eigenvalue weighted by Crippen LogP contribution is -2.45. The molecule has 0 radical (unpaired) electrons. The number of rotatable bonds is 4. The highest BCUT2D eigenvalue weighted by Crippen LogP contribution is 2.20. The molecule has 2 aromatic rings. The molecule has 112 valence electrons. The molecule has 0 atom stereocenters. The standard InChI is InChI=1S/C15H19FN4S/c1-2-14-17-15(21-18-14)20-8-6-19(7-9-20)11-12-4-3-5-13(16)10-12/h3-5,10H,2,6-9,11H2,1H3. The molecule has 1 aliphatic rings. The summed E-state index contributed by atoms with van der Waals surface area (Å²) in [5.74, 6) is 0.768. The first kappa shape index (κ1) is 14.4. The molecular formula is C15H19FN4S. The van der Waals surface area contributed by atoms with Crippen LogP contribution in [0.5, 0.6) is 0 Å². The Morgan fingerprint density at radius 2 is 2.05 bits per heavy atom. The Morgan fingerprint density at radius 3 is 2.71 bits per heavy atom. The fraction of sp³-hybridized carbons (Fsp3) is 0.467. The van der Waals surface area contributed by atoms with Crippen LogP contribution in [0.1, 0.15) is 18.3 Å². The quantitative estimate of drug-likeness (QED) is 0.869. The molecule has 0 unspecified atom stereocenters. The lowest BCUT2D eigenvalue weighted by atomic mass is 10.2. The highest BCUT2D eigenvalue weighted by molar-refractivity contribution is 7.09. The summed E-state index contributed by atoms with van der Waals surface area (Å²) in [5, 5.41) is 1.03. The van der Waals surface area contributed by atoms with Gasteiger partial charge in [-0.05, 0) is 17.7 Å². The van der Waals surface area contributed by atoms with Gasteiger partial charge < -0.3 is 4.90 Å². The number of hydrogen-bond acceptors (Lipinski definition) is 5. The first-order chi connectivity index (χ1) is 10.2. The second kappa shape index (κ2) is 6.49. The normalized spacial score (nSPS) is 16.4. The SMILES string of the molecule is CCc1nsc(N2CCN(Cc3cccc(F)c3)CC2)n1. The van der Waals surface area contributed by atoms with E-state index in [0.29, 0.717) is 0 Å². The summed E-state index contributed by atoms with van der Waals surface area (Å²) < 4.78 is 17.5. The Morgan fingerprint density at radius 1 is 1.24 bits per heavy atom. The first-order valence-corrected chi connectivity index (χ1v) is 8.06. The minimum absolute atomic E-state index is 0.160. The minimum Gasteiger partial charge on any atom is -0.344 e. The van der Waals surface area contributed by atoms with E-state index in [2.05, 4.69) is 26.1 Å². The Balaban J connectivity index is 1.55. The molecule has 0 bridgehead atoms. The molecule has 3 rings (SSSR count). The zero-order chi connectivity index (χ0) is 14.7.